The van der Waals surface area contributed by atoms with Crippen LogP contribution in [0.5, 0.6) is 0 Å². The van der Waals surface area contributed by atoms with Crippen LogP contribution in [0.1, 0.15) is 30.9 Å². The van der Waals surface area contributed by atoms with Gasteiger partial charge in [0.15, 0.2) is 0 Å². The Labute approximate surface area is 126 Å². The normalized spacial score (nSPS) is 14.6. The number of sulfone groups is 1. The molecule has 0 aliphatic rings. The Hall–Kier alpha value is -1.40. The highest BCUT2D eigenvalue weighted by atomic mass is 32.2. The smallest absolute Gasteiger partial charge is 0.315 e. The van der Waals surface area contributed by atoms with Crippen molar-refractivity contribution >= 4 is 15.8 Å². The first kappa shape index (κ1) is 17.7. The van der Waals surface area contributed by atoms with E-state index in [0.717, 1.165) is 5.56 Å². The minimum absolute atomic E-state index is 0.00792. The molecule has 6 heteroatoms. The second kappa shape index (κ2) is 7.04. The van der Waals surface area contributed by atoms with Crippen LogP contribution < -0.4 is 5.73 Å². The zero-order valence-corrected chi connectivity index (χ0v) is 13.3. The van der Waals surface area contributed by atoms with Gasteiger partial charge in [-0.25, -0.2) is 8.42 Å². The molecule has 118 valence electrons. The summed E-state index contributed by atoms with van der Waals surface area (Å²) in [5.74, 6) is -1.18. The van der Waals surface area contributed by atoms with Crippen molar-refractivity contribution < 1.29 is 18.3 Å². The molecule has 1 aromatic rings. The second-order valence-corrected chi connectivity index (χ2v) is 7.61. The van der Waals surface area contributed by atoms with Crippen molar-refractivity contribution in [1.82, 2.24) is 0 Å². The third-order valence-electron chi connectivity index (χ3n) is 3.77. The molecule has 0 aromatic heterocycles. The number of nitrogens with two attached hydrogens (primary N) is 1. The van der Waals surface area contributed by atoms with E-state index in [1.165, 1.54) is 0 Å². The van der Waals surface area contributed by atoms with E-state index in [2.05, 4.69) is 0 Å². The summed E-state index contributed by atoms with van der Waals surface area (Å²) in [6.07, 6.45) is 0.515. The highest BCUT2D eigenvalue weighted by molar-refractivity contribution is 7.91. The molecule has 1 aromatic carbocycles. The molecular formula is C15H23NO4S. The average Bonchev–Trinajstić information content (AvgIpc) is 2.41. The zero-order chi connectivity index (χ0) is 16.1. The van der Waals surface area contributed by atoms with Crippen molar-refractivity contribution in [2.75, 3.05) is 18.1 Å². The van der Waals surface area contributed by atoms with Crippen molar-refractivity contribution in [2.24, 2.45) is 5.73 Å². The number of hydrogen-bond donors (Lipinski definition) is 2. The quantitative estimate of drug-likeness (QED) is 0.758. The van der Waals surface area contributed by atoms with Gasteiger partial charge in [0.05, 0.1) is 5.75 Å². The summed E-state index contributed by atoms with van der Waals surface area (Å²) >= 11 is 0. The summed E-state index contributed by atoms with van der Waals surface area (Å²) in [6.45, 7) is 3.46. The molecule has 21 heavy (non-hydrogen) atoms. The van der Waals surface area contributed by atoms with E-state index in [4.69, 9.17) is 5.73 Å². The van der Waals surface area contributed by atoms with Crippen LogP contribution in [-0.2, 0) is 20.0 Å². The van der Waals surface area contributed by atoms with Crippen LogP contribution >= 0.6 is 0 Å². The second-order valence-electron chi connectivity index (χ2n) is 5.31. The molecule has 1 rings (SSSR count). The van der Waals surface area contributed by atoms with Gasteiger partial charge in [-0.05, 0) is 30.9 Å². The van der Waals surface area contributed by atoms with Crippen LogP contribution in [0.4, 0.5) is 0 Å². The van der Waals surface area contributed by atoms with Crippen LogP contribution in [0.15, 0.2) is 24.3 Å². The first-order valence-electron chi connectivity index (χ1n) is 6.99. The van der Waals surface area contributed by atoms with Gasteiger partial charge in [-0.15, -0.1) is 0 Å². The van der Waals surface area contributed by atoms with Crippen LogP contribution in [0.3, 0.4) is 0 Å². The molecule has 0 fully saturated rings. The first-order valence-corrected chi connectivity index (χ1v) is 8.81. The molecule has 0 spiro atoms. The van der Waals surface area contributed by atoms with Gasteiger partial charge < -0.3 is 10.8 Å². The Balaban J connectivity index is 3.18. The monoisotopic (exact) mass is 313 g/mol. The van der Waals surface area contributed by atoms with E-state index in [9.17, 15) is 18.3 Å². The predicted molar refractivity (Wildman–Crippen MR) is 83.1 cm³/mol. The van der Waals surface area contributed by atoms with Crippen LogP contribution in [0.25, 0.3) is 0 Å². The van der Waals surface area contributed by atoms with Crippen molar-refractivity contribution in [2.45, 2.75) is 32.1 Å². The molecule has 5 nitrogen and oxygen atoms in total. The van der Waals surface area contributed by atoms with Crippen molar-refractivity contribution in [3.05, 3.63) is 35.4 Å². The molecule has 0 aliphatic heterocycles. The van der Waals surface area contributed by atoms with Crippen molar-refractivity contribution in [3.63, 3.8) is 0 Å². The van der Waals surface area contributed by atoms with E-state index >= 15 is 0 Å². The third kappa shape index (κ3) is 4.04. The lowest BCUT2D eigenvalue weighted by molar-refractivity contribution is -0.143. The van der Waals surface area contributed by atoms with Crippen LogP contribution in [0.2, 0.25) is 0 Å². The molecule has 3 N–H and O–H groups in total. The molecule has 0 radical (unpaired) electrons. The lowest BCUT2D eigenvalue weighted by atomic mass is 9.76. The zero-order valence-electron chi connectivity index (χ0n) is 12.5. The topological polar surface area (TPSA) is 97.5 Å². The van der Waals surface area contributed by atoms with Crippen LogP contribution in [-0.4, -0.2) is 37.5 Å². The molecule has 0 bridgehead atoms. The predicted octanol–water partition coefficient (Wildman–Crippen LogP) is 1.49. The van der Waals surface area contributed by atoms with Gasteiger partial charge in [0, 0.05) is 12.3 Å². The van der Waals surface area contributed by atoms with Gasteiger partial charge in [0.25, 0.3) is 0 Å². The summed E-state index contributed by atoms with van der Waals surface area (Å²) in [5, 5.41) is 9.65. The molecule has 0 saturated carbocycles. The number of aryl methyl sites for hydroxylation is 1. The maximum absolute atomic E-state index is 11.9. The largest absolute Gasteiger partial charge is 0.481 e. The van der Waals surface area contributed by atoms with Crippen molar-refractivity contribution in [1.29, 1.82) is 0 Å². The average molecular weight is 313 g/mol. The number of aliphatic carboxylic acids is 1. The van der Waals surface area contributed by atoms with Gasteiger partial charge in [0.1, 0.15) is 15.3 Å². The summed E-state index contributed by atoms with van der Waals surface area (Å²) in [7, 11) is -3.25. The summed E-state index contributed by atoms with van der Waals surface area (Å²) in [4.78, 5) is 11.8. The minimum atomic E-state index is -3.25. The molecule has 0 saturated heterocycles. The number of carbonyl (C=O) groups is 1. The van der Waals surface area contributed by atoms with Gasteiger partial charge in [-0.3, -0.25) is 4.79 Å². The summed E-state index contributed by atoms with van der Waals surface area (Å²) in [5.41, 5.74) is 5.78. The maximum atomic E-state index is 11.9. The Morgan fingerprint density at radius 2 is 1.90 bits per heavy atom. The Bertz CT molecular complexity index is 597. The van der Waals surface area contributed by atoms with Gasteiger partial charge >= 0.3 is 5.97 Å². The highest BCUT2D eigenvalue weighted by Crippen LogP contribution is 2.31. The van der Waals surface area contributed by atoms with E-state index in [-0.39, 0.29) is 24.5 Å². The third-order valence-corrected chi connectivity index (χ3v) is 5.63. The summed E-state index contributed by atoms with van der Waals surface area (Å²) < 4.78 is 23.8. The Kier molecular flexibility index (Phi) is 5.92. The molecular weight excluding hydrogens is 290 g/mol. The summed E-state index contributed by atoms with van der Waals surface area (Å²) in [6, 6.07) is 7.08. The Morgan fingerprint density at radius 1 is 1.29 bits per heavy atom. The molecule has 0 aliphatic carbocycles. The van der Waals surface area contributed by atoms with Gasteiger partial charge in [0.2, 0.25) is 0 Å². The van der Waals surface area contributed by atoms with E-state index < -0.39 is 21.2 Å². The molecule has 1 atom stereocenters. The highest BCUT2D eigenvalue weighted by Gasteiger charge is 2.40. The van der Waals surface area contributed by atoms with E-state index in [1.54, 1.807) is 19.1 Å². The fraction of sp³-hybridized carbons (Fsp3) is 0.533. The fourth-order valence-corrected chi connectivity index (χ4v) is 3.99. The maximum Gasteiger partial charge on any atom is 0.315 e. The van der Waals surface area contributed by atoms with Gasteiger partial charge in [-0.1, -0.05) is 31.2 Å². The van der Waals surface area contributed by atoms with Crippen molar-refractivity contribution in [3.8, 4) is 0 Å². The lowest BCUT2D eigenvalue weighted by Crippen LogP contribution is -2.45. The van der Waals surface area contributed by atoms with Crippen LogP contribution in [0, 0.1) is 6.92 Å². The number of benzene rings is 1. The standard InChI is InChI=1S/C15H23NO4S/c1-3-9-21(19,20)10-8-15(11-16,14(17)18)13-7-5-4-6-12(13)2/h4-7H,3,8-11,16H2,1-2H3,(H,17,18). The molecule has 1 unspecified atom stereocenters. The number of hydrogen-bond acceptors (Lipinski definition) is 4. The van der Waals surface area contributed by atoms with Gasteiger partial charge in [-0.2, -0.15) is 0 Å². The number of carboxylic acids is 1. The Morgan fingerprint density at radius 3 is 2.38 bits per heavy atom. The minimum Gasteiger partial charge on any atom is -0.481 e. The molecule has 0 heterocycles. The fourth-order valence-electron chi connectivity index (χ4n) is 2.51. The SMILES string of the molecule is CCCS(=O)(=O)CCC(CN)(C(=O)O)c1ccccc1C. The number of carboxylic acid groups (broad SMARTS) is 1. The molecule has 0 amide bonds. The van der Waals surface area contributed by atoms with E-state index in [0.29, 0.717) is 12.0 Å². The first-order chi connectivity index (χ1) is 9.79. The van der Waals surface area contributed by atoms with E-state index in [1.807, 2.05) is 19.1 Å². The number of rotatable bonds is 8. The lowest BCUT2D eigenvalue weighted by Gasteiger charge is -2.30.